The lowest BCUT2D eigenvalue weighted by atomic mass is 9.80. The maximum atomic E-state index is 11.3. The van der Waals surface area contributed by atoms with Gasteiger partial charge in [0.05, 0.1) is 24.7 Å². The average Bonchev–Trinajstić information content (AvgIpc) is 2.64. The van der Waals surface area contributed by atoms with E-state index in [1.54, 1.807) is 0 Å². The van der Waals surface area contributed by atoms with Crippen molar-refractivity contribution in [2.75, 3.05) is 6.61 Å². The van der Waals surface area contributed by atoms with Crippen LogP contribution in [0.15, 0.2) is 0 Å². The Balaban J connectivity index is 1.98. The highest BCUT2D eigenvalue weighted by Gasteiger charge is 2.63. The van der Waals surface area contributed by atoms with Gasteiger partial charge in [-0.1, -0.05) is 0 Å². The van der Waals surface area contributed by atoms with Gasteiger partial charge in [-0.2, -0.15) is 0 Å². The third-order valence-corrected chi connectivity index (χ3v) is 3.90. The molecule has 0 spiro atoms. The third kappa shape index (κ3) is 0.758. The number of fused-ring (bicyclic) bond motifs is 5. The Labute approximate surface area is 75.5 Å². The fourth-order valence-corrected chi connectivity index (χ4v) is 3.38. The van der Waals surface area contributed by atoms with Crippen LogP contribution >= 0.6 is 0 Å². The van der Waals surface area contributed by atoms with Crippen LogP contribution in [0.5, 0.6) is 0 Å². The molecule has 2 N–H and O–H groups in total. The molecular formula is C9H12O4. The smallest absolute Gasteiger partial charge is 0.309 e. The number of aliphatic hydroxyl groups excluding tert-OH is 2. The quantitative estimate of drug-likeness (QED) is 0.481. The van der Waals surface area contributed by atoms with Gasteiger partial charge in [0, 0.05) is 17.8 Å². The standard InChI is InChI=1S/C9H12O4/c10-5-1-3-6-4(2-13-9(6)12)7(5)8(3)11/h3-8,10-11H,1-2H2/t3-,4-,5-,6-,7-,8-/m0/s1. The Hall–Kier alpha value is -0.610. The summed E-state index contributed by atoms with van der Waals surface area (Å²) >= 11 is 0. The molecule has 13 heavy (non-hydrogen) atoms. The highest BCUT2D eigenvalue weighted by atomic mass is 16.5. The van der Waals surface area contributed by atoms with Gasteiger partial charge in [-0.3, -0.25) is 4.79 Å². The van der Waals surface area contributed by atoms with Crippen LogP contribution in [0, 0.1) is 23.7 Å². The first kappa shape index (κ1) is 7.76. The zero-order valence-corrected chi connectivity index (χ0v) is 7.09. The van der Waals surface area contributed by atoms with Crippen LogP contribution in [-0.4, -0.2) is 35.0 Å². The minimum atomic E-state index is -0.488. The van der Waals surface area contributed by atoms with Gasteiger partial charge in [0.25, 0.3) is 0 Å². The molecule has 0 aromatic rings. The van der Waals surface area contributed by atoms with Gasteiger partial charge in [-0.05, 0) is 6.42 Å². The van der Waals surface area contributed by atoms with Gasteiger partial charge in [0.1, 0.15) is 0 Å². The number of hydrogen-bond donors (Lipinski definition) is 2. The van der Waals surface area contributed by atoms with Gasteiger partial charge in [0.15, 0.2) is 0 Å². The molecule has 6 atom stereocenters. The molecule has 0 radical (unpaired) electrons. The van der Waals surface area contributed by atoms with Crippen LogP contribution in [0.2, 0.25) is 0 Å². The van der Waals surface area contributed by atoms with Crippen molar-refractivity contribution in [2.24, 2.45) is 23.7 Å². The topological polar surface area (TPSA) is 66.8 Å². The molecule has 4 nitrogen and oxygen atoms in total. The fraction of sp³-hybridized carbons (Fsp3) is 0.889. The minimum Gasteiger partial charge on any atom is -0.465 e. The van der Waals surface area contributed by atoms with Crippen LogP contribution in [0.4, 0.5) is 0 Å². The summed E-state index contributed by atoms with van der Waals surface area (Å²) in [5, 5.41) is 19.4. The van der Waals surface area contributed by atoms with Gasteiger partial charge < -0.3 is 14.9 Å². The molecule has 1 heterocycles. The predicted molar refractivity (Wildman–Crippen MR) is 41.5 cm³/mol. The maximum absolute atomic E-state index is 11.3. The van der Waals surface area contributed by atoms with Gasteiger partial charge in [0.2, 0.25) is 0 Å². The minimum absolute atomic E-state index is 0.0556. The van der Waals surface area contributed by atoms with Crippen LogP contribution in [0.25, 0.3) is 0 Å². The highest BCUT2D eigenvalue weighted by Crippen LogP contribution is 2.55. The lowest BCUT2D eigenvalue weighted by Gasteiger charge is -2.23. The van der Waals surface area contributed by atoms with E-state index in [2.05, 4.69) is 0 Å². The SMILES string of the molecule is O=C1OC[C@H]2[C@@H]1[C@@H]1C[C@H](O)[C@H]2[C@H]1O. The number of cyclic esters (lactones) is 1. The number of hydrogen-bond acceptors (Lipinski definition) is 4. The van der Waals surface area contributed by atoms with E-state index in [0.717, 1.165) is 0 Å². The second kappa shape index (κ2) is 2.25. The molecule has 3 fully saturated rings. The van der Waals surface area contributed by atoms with E-state index in [0.29, 0.717) is 13.0 Å². The van der Waals surface area contributed by atoms with Crippen LogP contribution in [0.3, 0.4) is 0 Å². The van der Waals surface area contributed by atoms with Gasteiger partial charge in [-0.25, -0.2) is 0 Å². The van der Waals surface area contributed by atoms with E-state index >= 15 is 0 Å². The largest absolute Gasteiger partial charge is 0.465 e. The van der Waals surface area contributed by atoms with E-state index in [1.807, 2.05) is 0 Å². The van der Waals surface area contributed by atoms with E-state index in [4.69, 9.17) is 4.74 Å². The van der Waals surface area contributed by atoms with Crippen LogP contribution in [0.1, 0.15) is 6.42 Å². The second-order valence-corrected chi connectivity index (χ2v) is 4.35. The molecule has 2 bridgehead atoms. The Bertz CT molecular complexity index is 262. The molecule has 72 valence electrons. The van der Waals surface area contributed by atoms with E-state index in [-0.39, 0.29) is 29.6 Å². The van der Waals surface area contributed by atoms with Crippen molar-refractivity contribution >= 4 is 5.97 Å². The normalized spacial score (nSPS) is 58.2. The Morgan fingerprint density at radius 3 is 2.85 bits per heavy atom. The maximum Gasteiger partial charge on any atom is 0.309 e. The molecule has 2 saturated carbocycles. The third-order valence-electron chi connectivity index (χ3n) is 3.90. The van der Waals surface area contributed by atoms with Crippen molar-refractivity contribution in [1.82, 2.24) is 0 Å². The van der Waals surface area contributed by atoms with Crippen LogP contribution < -0.4 is 0 Å². The van der Waals surface area contributed by atoms with Crippen molar-refractivity contribution in [3.63, 3.8) is 0 Å². The summed E-state index contributed by atoms with van der Waals surface area (Å²) in [6.07, 6.45) is -0.365. The predicted octanol–water partition coefficient (Wildman–Crippen LogP) is -0.853. The van der Waals surface area contributed by atoms with E-state index in [1.165, 1.54) is 0 Å². The van der Waals surface area contributed by atoms with Crippen molar-refractivity contribution in [3.05, 3.63) is 0 Å². The monoisotopic (exact) mass is 184 g/mol. The van der Waals surface area contributed by atoms with Gasteiger partial charge >= 0.3 is 5.97 Å². The highest BCUT2D eigenvalue weighted by molar-refractivity contribution is 5.76. The van der Waals surface area contributed by atoms with E-state index in [9.17, 15) is 15.0 Å². The van der Waals surface area contributed by atoms with E-state index < -0.39 is 12.2 Å². The molecule has 2 aliphatic carbocycles. The Morgan fingerprint density at radius 2 is 2.08 bits per heavy atom. The molecular weight excluding hydrogens is 172 g/mol. The molecule has 1 aliphatic heterocycles. The van der Waals surface area contributed by atoms with Crippen molar-refractivity contribution in [1.29, 1.82) is 0 Å². The zero-order chi connectivity index (χ0) is 9.16. The molecule has 0 aromatic heterocycles. The van der Waals surface area contributed by atoms with Gasteiger partial charge in [-0.15, -0.1) is 0 Å². The summed E-state index contributed by atoms with van der Waals surface area (Å²) in [7, 11) is 0. The van der Waals surface area contributed by atoms with Crippen molar-refractivity contribution < 1.29 is 19.7 Å². The molecule has 4 heteroatoms. The Kier molecular flexibility index (Phi) is 1.34. The molecule has 0 amide bonds. The fourth-order valence-electron chi connectivity index (χ4n) is 3.38. The summed E-state index contributed by atoms with van der Waals surface area (Å²) in [5.41, 5.74) is 0. The van der Waals surface area contributed by atoms with Crippen molar-refractivity contribution in [2.45, 2.75) is 18.6 Å². The summed E-state index contributed by atoms with van der Waals surface area (Å²) in [5.74, 6) is -0.426. The van der Waals surface area contributed by atoms with Crippen molar-refractivity contribution in [3.8, 4) is 0 Å². The first-order valence-corrected chi connectivity index (χ1v) is 4.73. The molecule has 3 aliphatic rings. The van der Waals surface area contributed by atoms with Crippen LogP contribution in [-0.2, 0) is 9.53 Å². The number of carbonyl (C=O) groups excluding carboxylic acids is 1. The number of aliphatic hydroxyl groups is 2. The average molecular weight is 184 g/mol. The molecule has 0 unspecified atom stereocenters. The summed E-state index contributed by atoms with van der Waals surface area (Å²) in [6, 6.07) is 0. The zero-order valence-electron chi connectivity index (χ0n) is 7.09. The lowest BCUT2D eigenvalue weighted by Crippen LogP contribution is -2.31. The first-order chi connectivity index (χ1) is 6.20. The molecule has 1 saturated heterocycles. The molecule has 3 rings (SSSR count). The number of esters is 1. The summed E-state index contributed by atoms with van der Waals surface area (Å²) < 4.78 is 4.94. The first-order valence-electron chi connectivity index (χ1n) is 4.73. The number of rotatable bonds is 0. The number of carbonyl (C=O) groups is 1. The lowest BCUT2D eigenvalue weighted by molar-refractivity contribution is -0.143. The number of ether oxygens (including phenoxy) is 1. The second-order valence-electron chi connectivity index (χ2n) is 4.35. The molecule has 0 aromatic carbocycles. The Morgan fingerprint density at radius 1 is 1.31 bits per heavy atom. The summed E-state index contributed by atoms with van der Waals surface area (Å²) in [6.45, 7) is 0.388. The summed E-state index contributed by atoms with van der Waals surface area (Å²) in [4.78, 5) is 11.3.